The van der Waals surface area contributed by atoms with Gasteiger partial charge in [0.2, 0.25) is 5.75 Å². The van der Waals surface area contributed by atoms with Crippen LogP contribution in [-0.2, 0) is 9.53 Å². The quantitative estimate of drug-likeness (QED) is 0.357. The molecular formula is C26H29N3O6. The molecule has 1 aromatic heterocycles. The Kier molecular flexibility index (Phi) is 7.64. The summed E-state index contributed by atoms with van der Waals surface area (Å²) in [5.41, 5.74) is 1.10. The smallest absolute Gasteiger partial charge is 0.343 e. The number of rotatable bonds is 8. The van der Waals surface area contributed by atoms with Crippen molar-refractivity contribution in [3.63, 3.8) is 0 Å². The molecule has 9 heteroatoms. The van der Waals surface area contributed by atoms with Gasteiger partial charge in [-0.05, 0) is 37.1 Å². The summed E-state index contributed by atoms with van der Waals surface area (Å²) in [6.07, 6.45) is 6.94. The first kappa shape index (κ1) is 24.3. The van der Waals surface area contributed by atoms with Crippen molar-refractivity contribution in [2.24, 2.45) is 5.10 Å². The van der Waals surface area contributed by atoms with Crippen LogP contribution in [-0.4, -0.2) is 49.8 Å². The Morgan fingerprint density at radius 3 is 2.43 bits per heavy atom. The van der Waals surface area contributed by atoms with Crippen LogP contribution in [0.5, 0.6) is 17.2 Å². The lowest BCUT2D eigenvalue weighted by Gasteiger charge is -2.22. The molecule has 1 fully saturated rings. The van der Waals surface area contributed by atoms with E-state index in [1.807, 2.05) is 18.2 Å². The van der Waals surface area contributed by atoms with Crippen molar-refractivity contribution in [1.82, 2.24) is 9.66 Å². The third-order valence-electron chi connectivity index (χ3n) is 6.12. The van der Waals surface area contributed by atoms with E-state index in [-0.39, 0.29) is 23.8 Å². The number of carbonyl (C=O) groups excluding carboxylic acids is 1. The number of fused-ring (bicyclic) bond motifs is 1. The van der Waals surface area contributed by atoms with E-state index >= 15 is 0 Å². The normalized spacial score (nSPS) is 14.3. The fourth-order valence-electron chi connectivity index (χ4n) is 4.31. The Morgan fingerprint density at radius 2 is 1.77 bits per heavy atom. The van der Waals surface area contributed by atoms with Crippen LogP contribution in [0.3, 0.4) is 0 Å². The van der Waals surface area contributed by atoms with Crippen LogP contribution in [0.1, 0.15) is 49.4 Å². The van der Waals surface area contributed by atoms with Gasteiger partial charge in [0.15, 0.2) is 18.1 Å². The number of methoxy groups -OCH3 is 3. The molecule has 3 aromatic rings. The van der Waals surface area contributed by atoms with Crippen LogP contribution in [0.4, 0.5) is 0 Å². The Balaban J connectivity index is 1.75. The summed E-state index contributed by atoms with van der Waals surface area (Å²) in [6, 6.07) is 10.7. The number of hydrogen-bond donors (Lipinski definition) is 0. The van der Waals surface area contributed by atoms with Crippen molar-refractivity contribution in [2.75, 3.05) is 27.9 Å². The van der Waals surface area contributed by atoms with Crippen LogP contribution in [0, 0.1) is 0 Å². The van der Waals surface area contributed by atoms with Crippen LogP contribution in [0.25, 0.3) is 10.9 Å². The highest BCUT2D eigenvalue weighted by Gasteiger charge is 2.22. The van der Waals surface area contributed by atoms with Crippen molar-refractivity contribution in [2.45, 2.75) is 38.0 Å². The summed E-state index contributed by atoms with van der Waals surface area (Å²) in [5, 5.41) is 5.08. The second kappa shape index (κ2) is 11.0. The maximum Gasteiger partial charge on any atom is 0.343 e. The maximum absolute atomic E-state index is 13.4. The number of nitrogens with zero attached hydrogens (tertiary/aromatic N) is 3. The van der Waals surface area contributed by atoms with Crippen molar-refractivity contribution in [1.29, 1.82) is 0 Å². The van der Waals surface area contributed by atoms with E-state index in [1.165, 1.54) is 32.4 Å². The largest absolute Gasteiger partial charge is 0.493 e. The molecule has 1 heterocycles. The van der Waals surface area contributed by atoms with Crippen LogP contribution in [0.15, 0.2) is 46.3 Å². The van der Waals surface area contributed by atoms with Gasteiger partial charge >= 0.3 is 5.97 Å². The molecule has 1 aliphatic rings. The Morgan fingerprint density at radius 1 is 1.09 bits per heavy atom. The van der Waals surface area contributed by atoms with Crippen LogP contribution < -0.4 is 19.8 Å². The number of esters is 1. The zero-order chi connectivity index (χ0) is 24.8. The zero-order valence-electron chi connectivity index (χ0n) is 20.2. The molecule has 0 bridgehead atoms. The summed E-state index contributed by atoms with van der Waals surface area (Å²) >= 11 is 0. The van der Waals surface area contributed by atoms with E-state index in [4.69, 9.17) is 19.2 Å². The zero-order valence-corrected chi connectivity index (χ0v) is 20.2. The van der Waals surface area contributed by atoms with Crippen molar-refractivity contribution >= 4 is 23.1 Å². The van der Waals surface area contributed by atoms with Gasteiger partial charge in [-0.1, -0.05) is 31.4 Å². The second-order valence-corrected chi connectivity index (χ2v) is 8.30. The highest BCUT2D eigenvalue weighted by Crippen LogP contribution is 2.38. The van der Waals surface area contributed by atoms with Crippen molar-refractivity contribution in [3.8, 4) is 17.2 Å². The molecule has 0 radical (unpaired) electrons. The van der Waals surface area contributed by atoms with Gasteiger partial charge in [0, 0.05) is 11.5 Å². The summed E-state index contributed by atoms with van der Waals surface area (Å²) in [4.78, 5) is 29.7. The summed E-state index contributed by atoms with van der Waals surface area (Å²) in [5.74, 6) is 1.30. The van der Waals surface area contributed by atoms with Gasteiger partial charge in [-0.3, -0.25) is 4.79 Å². The van der Waals surface area contributed by atoms with Crippen LogP contribution >= 0.6 is 0 Å². The molecule has 9 nitrogen and oxygen atoms in total. The molecule has 4 rings (SSSR count). The van der Waals surface area contributed by atoms with Crippen molar-refractivity contribution in [3.05, 3.63) is 58.1 Å². The van der Waals surface area contributed by atoms with Gasteiger partial charge < -0.3 is 18.9 Å². The Labute approximate surface area is 203 Å². The molecule has 1 aliphatic carbocycles. The number of carbonyl (C=O) groups is 1. The second-order valence-electron chi connectivity index (χ2n) is 8.30. The van der Waals surface area contributed by atoms with E-state index in [1.54, 1.807) is 24.4 Å². The highest BCUT2D eigenvalue weighted by molar-refractivity contribution is 5.83. The summed E-state index contributed by atoms with van der Waals surface area (Å²) in [6.45, 7) is -0.292. The van der Waals surface area contributed by atoms with Gasteiger partial charge in [0.05, 0.1) is 38.4 Å². The lowest BCUT2D eigenvalue weighted by molar-refractivity contribution is -0.142. The Hall–Kier alpha value is -3.88. The molecule has 0 atom stereocenters. The van der Waals surface area contributed by atoms with Gasteiger partial charge in [-0.15, -0.1) is 0 Å². The maximum atomic E-state index is 13.4. The minimum Gasteiger partial charge on any atom is -0.493 e. The van der Waals surface area contributed by atoms with Gasteiger partial charge in [0.25, 0.3) is 5.56 Å². The van der Waals surface area contributed by atoms with E-state index in [0.717, 1.165) is 25.7 Å². The minimum atomic E-state index is -0.529. The van der Waals surface area contributed by atoms with E-state index < -0.39 is 5.97 Å². The topological polar surface area (TPSA) is 101 Å². The minimum absolute atomic E-state index is 0.177. The molecule has 0 aliphatic heterocycles. The molecule has 0 amide bonds. The average molecular weight is 480 g/mol. The third-order valence-corrected chi connectivity index (χ3v) is 6.12. The highest BCUT2D eigenvalue weighted by atomic mass is 16.6. The van der Waals surface area contributed by atoms with Crippen molar-refractivity contribution < 1.29 is 23.7 Å². The third kappa shape index (κ3) is 5.29. The molecule has 2 aromatic carbocycles. The van der Waals surface area contributed by atoms with E-state index in [2.05, 4.69) is 9.84 Å². The van der Waals surface area contributed by atoms with E-state index in [0.29, 0.717) is 33.8 Å². The van der Waals surface area contributed by atoms with Crippen LogP contribution in [0.2, 0.25) is 0 Å². The Bertz CT molecular complexity index is 1270. The predicted octanol–water partition coefficient (Wildman–Crippen LogP) is 3.90. The number of benzene rings is 2. The number of hydrogen-bond acceptors (Lipinski definition) is 8. The average Bonchev–Trinajstić information content (AvgIpc) is 2.91. The molecule has 0 spiro atoms. The first-order valence-corrected chi connectivity index (χ1v) is 11.6. The molecule has 0 N–H and O–H groups in total. The lowest BCUT2D eigenvalue weighted by atomic mass is 9.88. The molecule has 0 saturated heterocycles. The van der Waals surface area contributed by atoms with E-state index in [9.17, 15) is 9.59 Å². The molecular weight excluding hydrogens is 450 g/mol. The fraction of sp³-hybridized carbons (Fsp3) is 0.385. The fourth-order valence-corrected chi connectivity index (χ4v) is 4.31. The molecule has 1 saturated carbocycles. The monoisotopic (exact) mass is 479 g/mol. The number of ether oxygens (including phenoxy) is 4. The number of para-hydroxylation sites is 1. The lowest BCUT2D eigenvalue weighted by Crippen LogP contribution is -2.25. The van der Waals surface area contributed by atoms with Gasteiger partial charge in [0.1, 0.15) is 5.82 Å². The summed E-state index contributed by atoms with van der Waals surface area (Å²) in [7, 11) is 4.25. The molecule has 184 valence electrons. The van der Waals surface area contributed by atoms with Gasteiger partial charge in [-0.25, -0.2) is 9.78 Å². The first-order valence-electron chi connectivity index (χ1n) is 11.6. The van der Waals surface area contributed by atoms with Gasteiger partial charge in [-0.2, -0.15) is 9.78 Å². The SMILES string of the molecule is COC(=O)COc1c(OC)cc(C=Nn2c(C3CCCCC3)nc3ccccc3c2=O)cc1OC. The molecule has 0 unspecified atom stereocenters. The number of aromatic nitrogens is 2. The standard InChI is InChI=1S/C26H29N3O6/c1-32-21-13-17(14-22(33-2)24(21)35-16-23(30)34-3)15-27-29-25(18-9-5-4-6-10-18)28-20-12-8-7-11-19(20)26(29)31/h7-8,11-15,18H,4-6,9-10,16H2,1-3H3. The first-order chi connectivity index (χ1) is 17.0. The summed E-state index contributed by atoms with van der Waals surface area (Å²) < 4.78 is 22.5. The molecule has 35 heavy (non-hydrogen) atoms. The predicted molar refractivity (Wildman–Crippen MR) is 132 cm³/mol.